The Kier molecular flexibility index (Phi) is 4.26. The van der Waals surface area contributed by atoms with Crippen LogP contribution in [-0.4, -0.2) is 30.1 Å². The van der Waals surface area contributed by atoms with Crippen LogP contribution < -0.4 is 0 Å². The van der Waals surface area contributed by atoms with Crippen LogP contribution in [0.3, 0.4) is 0 Å². The average molecular weight is 350 g/mol. The van der Waals surface area contributed by atoms with E-state index in [0.29, 0.717) is 22.8 Å². The summed E-state index contributed by atoms with van der Waals surface area (Å²) in [5.41, 5.74) is 2.02. The van der Waals surface area contributed by atoms with Crippen molar-refractivity contribution in [1.82, 2.24) is 25.0 Å². The van der Waals surface area contributed by atoms with Crippen LogP contribution in [0, 0.1) is 13.5 Å². The molecule has 0 saturated carbocycles. The van der Waals surface area contributed by atoms with E-state index in [0.717, 1.165) is 0 Å². The highest BCUT2D eigenvalue weighted by Gasteiger charge is 2.25. The minimum absolute atomic E-state index is 0.141. The van der Waals surface area contributed by atoms with E-state index >= 15 is 0 Å². The van der Waals surface area contributed by atoms with E-state index in [1.807, 2.05) is 20.8 Å². The first kappa shape index (κ1) is 17.3. The molecular weight excluding hydrogens is 332 g/mol. The fourth-order valence-electron chi connectivity index (χ4n) is 2.41. The van der Waals surface area contributed by atoms with Gasteiger partial charge >= 0.3 is 0 Å². The lowest BCUT2D eigenvalue weighted by Crippen LogP contribution is -2.11. The second-order valence-corrected chi connectivity index (χ2v) is 6.71. The second-order valence-electron chi connectivity index (χ2n) is 6.71. The van der Waals surface area contributed by atoms with Crippen LogP contribution in [0.4, 0.5) is 17.2 Å². The van der Waals surface area contributed by atoms with Gasteiger partial charge in [-0.2, -0.15) is 14.9 Å². The first-order chi connectivity index (χ1) is 12.3. The van der Waals surface area contributed by atoms with Gasteiger partial charge in [0, 0.05) is 12.4 Å². The summed E-state index contributed by atoms with van der Waals surface area (Å²) in [5.74, 6) is 0.109. The van der Waals surface area contributed by atoms with Crippen molar-refractivity contribution in [1.29, 1.82) is 0 Å². The Morgan fingerprint density at radius 1 is 1.23 bits per heavy atom. The Balaban J connectivity index is 2.00. The van der Waals surface area contributed by atoms with E-state index in [9.17, 15) is 5.11 Å². The number of rotatable bonds is 3. The Morgan fingerprint density at radius 3 is 2.54 bits per heavy atom. The lowest BCUT2D eigenvalue weighted by atomic mass is 9.91. The molecule has 0 atom stereocenters. The summed E-state index contributed by atoms with van der Waals surface area (Å²) in [5, 5.41) is 29.8. The number of azo groups is 1. The minimum Gasteiger partial charge on any atom is -0.492 e. The molecule has 0 bridgehead atoms. The summed E-state index contributed by atoms with van der Waals surface area (Å²) in [6.45, 7) is 15.0. The predicted molar refractivity (Wildman–Crippen MR) is 95.5 cm³/mol. The molecule has 9 heteroatoms. The van der Waals surface area contributed by atoms with Crippen molar-refractivity contribution in [3.05, 3.63) is 47.3 Å². The highest BCUT2D eigenvalue weighted by Crippen LogP contribution is 2.39. The van der Waals surface area contributed by atoms with Gasteiger partial charge in [-0.25, -0.2) is 4.85 Å². The Morgan fingerprint density at radius 2 is 1.92 bits per heavy atom. The number of aromatic nitrogens is 5. The van der Waals surface area contributed by atoms with Crippen LogP contribution >= 0.6 is 0 Å². The summed E-state index contributed by atoms with van der Waals surface area (Å²) < 4.78 is 1.36. The van der Waals surface area contributed by atoms with Crippen molar-refractivity contribution < 1.29 is 5.11 Å². The number of aromatic hydroxyl groups is 1. The SMILES string of the molecule is [C-]#[N+]c1c(C(C)(C)C)n[nH]c1/N=N/c1c(C)nn(-c2ccncc2)c1O. The summed E-state index contributed by atoms with van der Waals surface area (Å²) >= 11 is 0. The van der Waals surface area contributed by atoms with Crippen molar-refractivity contribution in [3.8, 4) is 11.6 Å². The first-order valence-corrected chi connectivity index (χ1v) is 7.90. The molecule has 0 aliphatic rings. The Labute approximate surface area is 150 Å². The quantitative estimate of drug-likeness (QED) is 0.543. The Hall–Kier alpha value is -3.54. The van der Waals surface area contributed by atoms with Crippen molar-refractivity contribution in [2.24, 2.45) is 10.2 Å². The van der Waals surface area contributed by atoms with E-state index in [4.69, 9.17) is 6.57 Å². The number of H-pyrrole nitrogens is 1. The summed E-state index contributed by atoms with van der Waals surface area (Å²) in [7, 11) is 0. The van der Waals surface area contributed by atoms with Crippen LogP contribution in [0.1, 0.15) is 32.2 Å². The molecular formula is C17H18N8O. The molecule has 0 saturated heterocycles. The normalized spacial score (nSPS) is 11.8. The molecule has 3 aromatic heterocycles. The number of hydrogen-bond donors (Lipinski definition) is 2. The smallest absolute Gasteiger partial charge is 0.255 e. The third kappa shape index (κ3) is 3.04. The van der Waals surface area contributed by atoms with Gasteiger partial charge < -0.3 is 5.11 Å². The van der Waals surface area contributed by atoms with Crippen molar-refractivity contribution >= 4 is 17.2 Å². The summed E-state index contributed by atoms with van der Waals surface area (Å²) in [6, 6.07) is 3.43. The molecule has 0 aromatic carbocycles. The van der Waals surface area contributed by atoms with E-state index in [1.54, 1.807) is 31.5 Å². The van der Waals surface area contributed by atoms with E-state index in [1.165, 1.54) is 4.68 Å². The molecule has 2 N–H and O–H groups in total. The zero-order valence-electron chi connectivity index (χ0n) is 14.9. The number of aromatic amines is 1. The standard InChI is InChI=1S/C17H18N8O/c1-10-12(16(26)25(24-10)11-6-8-19-9-7-11)20-22-15-13(18-5)14(21-23-15)17(2,3)4/h6-9,26H,1-4H3,(H,21,23)/b22-20+. The molecule has 26 heavy (non-hydrogen) atoms. The fourth-order valence-corrected chi connectivity index (χ4v) is 2.41. The van der Waals surface area contributed by atoms with Gasteiger partial charge in [0.05, 0.1) is 23.6 Å². The topological polar surface area (TPSA) is 109 Å². The maximum absolute atomic E-state index is 10.4. The van der Waals surface area contributed by atoms with Crippen molar-refractivity contribution in [2.45, 2.75) is 33.1 Å². The number of pyridine rings is 1. The van der Waals surface area contributed by atoms with Crippen LogP contribution in [0.2, 0.25) is 0 Å². The zero-order chi connectivity index (χ0) is 18.9. The third-order valence-corrected chi connectivity index (χ3v) is 3.71. The molecule has 3 aromatic rings. The van der Waals surface area contributed by atoms with Crippen LogP contribution in [-0.2, 0) is 5.41 Å². The summed E-state index contributed by atoms with van der Waals surface area (Å²) in [6.07, 6.45) is 3.21. The lowest BCUT2D eigenvalue weighted by Gasteiger charge is -2.15. The Bertz CT molecular complexity index is 1000. The van der Waals surface area contributed by atoms with Gasteiger partial charge in [-0.05, 0) is 24.5 Å². The van der Waals surface area contributed by atoms with Crippen molar-refractivity contribution in [3.63, 3.8) is 0 Å². The molecule has 0 spiro atoms. The maximum atomic E-state index is 10.4. The molecule has 0 radical (unpaired) electrons. The van der Waals surface area contributed by atoms with Crippen LogP contribution in [0.5, 0.6) is 5.88 Å². The van der Waals surface area contributed by atoms with Crippen LogP contribution in [0.15, 0.2) is 34.8 Å². The van der Waals surface area contributed by atoms with Gasteiger partial charge in [0.25, 0.3) is 5.69 Å². The van der Waals surface area contributed by atoms with Crippen molar-refractivity contribution in [2.75, 3.05) is 0 Å². The molecule has 0 fully saturated rings. The number of aryl methyl sites for hydroxylation is 1. The van der Waals surface area contributed by atoms with E-state index < -0.39 is 0 Å². The van der Waals surface area contributed by atoms with E-state index in [-0.39, 0.29) is 22.8 Å². The molecule has 0 aliphatic heterocycles. The molecule has 0 unspecified atom stereocenters. The molecule has 0 aliphatic carbocycles. The monoisotopic (exact) mass is 350 g/mol. The molecule has 3 heterocycles. The van der Waals surface area contributed by atoms with Gasteiger partial charge in [0.15, 0.2) is 11.5 Å². The second kappa shape index (κ2) is 6.40. The molecule has 3 rings (SSSR count). The highest BCUT2D eigenvalue weighted by molar-refractivity contribution is 5.67. The molecule has 9 nitrogen and oxygen atoms in total. The van der Waals surface area contributed by atoms with Gasteiger partial charge in [0.2, 0.25) is 5.88 Å². The fraction of sp³-hybridized carbons (Fsp3) is 0.294. The van der Waals surface area contributed by atoms with Gasteiger partial charge in [0.1, 0.15) is 0 Å². The average Bonchev–Trinajstić information content (AvgIpc) is 3.14. The minimum atomic E-state index is -0.297. The largest absolute Gasteiger partial charge is 0.492 e. The van der Waals surface area contributed by atoms with E-state index in [2.05, 4.69) is 35.4 Å². The predicted octanol–water partition coefficient (Wildman–Crippen LogP) is 4.27. The number of hydrogen-bond acceptors (Lipinski definition) is 6. The van der Waals surface area contributed by atoms with Gasteiger partial charge in [-0.3, -0.25) is 10.1 Å². The van der Waals surface area contributed by atoms with Crippen LogP contribution in [0.25, 0.3) is 10.5 Å². The summed E-state index contributed by atoms with van der Waals surface area (Å²) in [4.78, 5) is 7.46. The zero-order valence-corrected chi connectivity index (χ0v) is 14.9. The lowest BCUT2D eigenvalue weighted by molar-refractivity contribution is 0.434. The number of nitrogens with one attached hydrogen (secondary N) is 1. The van der Waals surface area contributed by atoms with Gasteiger partial charge in [-0.1, -0.05) is 20.8 Å². The molecule has 0 amide bonds. The maximum Gasteiger partial charge on any atom is 0.255 e. The third-order valence-electron chi connectivity index (χ3n) is 3.71. The number of nitrogens with zero attached hydrogens (tertiary/aromatic N) is 7. The molecule has 132 valence electrons. The first-order valence-electron chi connectivity index (χ1n) is 7.90. The highest BCUT2D eigenvalue weighted by atomic mass is 16.3. The van der Waals surface area contributed by atoms with Gasteiger partial charge in [-0.15, -0.1) is 10.2 Å².